The van der Waals surface area contributed by atoms with Gasteiger partial charge in [0.15, 0.2) is 0 Å². The molecule has 1 aromatic carbocycles. The molecule has 0 radical (unpaired) electrons. The highest BCUT2D eigenvalue weighted by molar-refractivity contribution is 9.11. The second kappa shape index (κ2) is 5.52. The molecule has 2 nitrogen and oxygen atoms in total. The van der Waals surface area contributed by atoms with Crippen molar-refractivity contribution >= 4 is 21.5 Å². The monoisotopic (exact) mass is 347 g/mol. The van der Waals surface area contributed by atoms with Crippen molar-refractivity contribution in [2.45, 2.75) is 6.18 Å². The fourth-order valence-corrected chi connectivity index (χ4v) is 2.82. The summed E-state index contributed by atoms with van der Waals surface area (Å²) in [5.74, 6) is 0.558. The van der Waals surface area contributed by atoms with E-state index in [1.54, 1.807) is 12.3 Å². The van der Waals surface area contributed by atoms with Crippen LogP contribution in [0, 0.1) is 0 Å². The molecule has 0 atom stereocenters. The zero-order valence-corrected chi connectivity index (χ0v) is 12.5. The highest BCUT2D eigenvalue weighted by Gasteiger charge is 2.31. The van der Waals surface area contributed by atoms with Gasteiger partial charge in [-0.1, -0.05) is 12.1 Å². The van der Waals surface area contributed by atoms with Gasteiger partial charge in [0.2, 0.25) is 0 Å². The molecule has 0 N–H and O–H groups in total. The summed E-state index contributed by atoms with van der Waals surface area (Å²) in [6, 6.07) is 5.22. The first-order valence-corrected chi connectivity index (χ1v) is 6.65. The second-order valence-electron chi connectivity index (χ2n) is 4.47. The van der Waals surface area contributed by atoms with Crippen molar-refractivity contribution in [3.8, 4) is 0 Å². The van der Waals surface area contributed by atoms with Gasteiger partial charge in [0.05, 0.1) is 23.7 Å². The fraction of sp³-hybridized carbons (Fsp3) is 0.286. The van der Waals surface area contributed by atoms with Gasteiger partial charge in [-0.2, -0.15) is 13.2 Å². The third-order valence-electron chi connectivity index (χ3n) is 2.93. The molecule has 1 heterocycles. The van der Waals surface area contributed by atoms with Crippen molar-refractivity contribution in [2.24, 2.45) is 0 Å². The van der Waals surface area contributed by atoms with Crippen LogP contribution in [0.15, 0.2) is 40.7 Å². The Labute approximate surface area is 123 Å². The SMILES string of the molecule is COC1=C(Br)CN(C)C=C1c1cccc(C(F)(F)F)c1. The molecular formula is C14H13BrF3NO. The Hall–Kier alpha value is -1.43. The maximum atomic E-state index is 12.8. The van der Waals surface area contributed by atoms with Crippen molar-refractivity contribution in [1.82, 2.24) is 4.90 Å². The summed E-state index contributed by atoms with van der Waals surface area (Å²) >= 11 is 3.40. The first-order valence-electron chi connectivity index (χ1n) is 5.85. The number of benzene rings is 1. The maximum Gasteiger partial charge on any atom is 0.416 e. The van der Waals surface area contributed by atoms with E-state index in [2.05, 4.69) is 15.9 Å². The Morgan fingerprint density at radius 3 is 2.60 bits per heavy atom. The summed E-state index contributed by atoms with van der Waals surface area (Å²) in [4.78, 5) is 1.88. The van der Waals surface area contributed by atoms with Crippen LogP contribution in [-0.2, 0) is 10.9 Å². The van der Waals surface area contributed by atoms with E-state index >= 15 is 0 Å². The molecule has 6 heteroatoms. The molecule has 1 aliphatic rings. The average Bonchev–Trinajstić information content (AvgIpc) is 2.37. The summed E-state index contributed by atoms with van der Waals surface area (Å²) in [6.07, 6.45) is -2.58. The summed E-state index contributed by atoms with van der Waals surface area (Å²) in [6.45, 7) is 0.617. The molecule has 1 aromatic rings. The van der Waals surface area contributed by atoms with Crippen LogP contribution in [0.2, 0.25) is 0 Å². The van der Waals surface area contributed by atoms with Gasteiger partial charge in [-0.25, -0.2) is 0 Å². The first-order chi connectivity index (χ1) is 9.32. The Kier molecular flexibility index (Phi) is 4.13. The number of halogens is 4. The number of ether oxygens (including phenoxy) is 1. The predicted octanol–water partition coefficient (Wildman–Crippen LogP) is 4.24. The van der Waals surface area contributed by atoms with Gasteiger partial charge in [-0.3, -0.25) is 0 Å². The number of hydrogen-bond acceptors (Lipinski definition) is 2. The lowest BCUT2D eigenvalue weighted by molar-refractivity contribution is -0.137. The van der Waals surface area contributed by atoms with Gasteiger partial charge < -0.3 is 9.64 Å². The van der Waals surface area contributed by atoms with Crippen LogP contribution in [0.25, 0.3) is 5.57 Å². The van der Waals surface area contributed by atoms with E-state index in [1.807, 2.05) is 11.9 Å². The molecule has 0 spiro atoms. The molecule has 0 amide bonds. The largest absolute Gasteiger partial charge is 0.495 e. The zero-order chi connectivity index (χ0) is 14.9. The molecule has 108 valence electrons. The van der Waals surface area contributed by atoms with E-state index in [0.717, 1.165) is 16.6 Å². The first kappa shape index (κ1) is 15.0. The Bertz CT molecular complexity index is 578. The highest BCUT2D eigenvalue weighted by atomic mass is 79.9. The van der Waals surface area contributed by atoms with Gasteiger partial charge in [0.25, 0.3) is 0 Å². The minimum absolute atomic E-state index is 0.472. The van der Waals surface area contributed by atoms with E-state index in [1.165, 1.54) is 13.2 Å². The van der Waals surface area contributed by atoms with Crippen LogP contribution in [0.4, 0.5) is 13.2 Å². The number of hydrogen-bond donors (Lipinski definition) is 0. The van der Waals surface area contributed by atoms with E-state index in [9.17, 15) is 13.2 Å². The van der Waals surface area contributed by atoms with Gasteiger partial charge in [-0.15, -0.1) is 0 Å². The third-order valence-corrected chi connectivity index (χ3v) is 3.54. The lowest BCUT2D eigenvalue weighted by atomic mass is 10.00. The van der Waals surface area contributed by atoms with Crippen molar-refractivity contribution in [3.05, 3.63) is 51.8 Å². The topological polar surface area (TPSA) is 12.5 Å². The molecule has 0 saturated heterocycles. The second-order valence-corrected chi connectivity index (χ2v) is 5.43. The van der Waals surface area contributed by atoms with Crippen molar-refractivity contribution in [2.75, 3.05) is 20.7 Å². The van der Waals surface area contributed by atoms with Gasteiger partial charge in [-0.05, 0) is 33.6 Å². The van der Waals surface area contributed by atoms with E-state index in [4.69, 9.17) is 4.74 Å². The molecule has 0 saturated carbocycles. The van der Waals surface area contributed by atoms with Gasteiger partial charge >= 0.3 is 6.18 Å². The van der Waals surface area contributed by atoms with Crippen LogP contribution in [-0.4, -0.2) is 25.6 Å². The van der Waals surface area contributed by atoms with Crippen molar-refractivity contribution in [3.63, 3.8) is 0 Å². The molecular weight excluding hydrogens is 335 g/mol. The van der Waals surface area contributed by atoms with E-state index in [-0.39, 0.29) is 0 Å². The summed E-state index contributed by atoms with van der Waals surface area (Å²) in [7, 11) is 3.35. The molecule has 0 aliphatic carbocycles. The molecule has 0 bridgehead atoms. The number of alkyl halides is 3. The highest BCUT2D eigenvalue weighted by Crippen LogP contribution is 2.36. The molecule has 0 fully saturated rings. The number of nitrogens with zero attached hydrogens (tertiary/aromatic N) is 1. The summed E-state index contributed by atoms with van der Waals surface area (Å²) in [5, 5.41) is 0. The van der Waals surface area contributed by atoms with E-state index in [0.29, 0.717) is 23.4 Å². The van der Waals surface area contributed by atoms with Crippen molar-refractivity contribution < 1.29 is 17.9 Å². The average molecular weight is 348 g/mol. The normalized spacial score (nSPS) is 16.3. The Balaban J connectivity index is 2.50. The summed E-state index contributed by atoms with van der Waals surface area (Å²) < 4.78 is 44.5. The van der Waals surface area contributed by atoms with Crippen molar-refractivity contribution in [1.29, 1.82) is 0 Å². The van der Waals surface area contributed by atoms with Crippen LogP contribution in [0.3, 0.4) is 0 Å². The van der Waals surface area contributed by atoms with Gasteiger partial charge in [0.1, 0.15) is 5.76 Å². The number of likely N-dealkylation sites (N-methyl/N-ethyl adjacent to an activating group) is 1. The molecule has 20 heavy (non-hydrogen) atoms. The number of allylic oxidation sites excluding steroid dienone is 1. The van der Waals surface area contributed by atoms with Gasteiger partial charge in [0, 0.05) is 18.8 Å². The summed E-state index contributed by atoms with van der Waals surface area (Å²) in [5.41, 5.74) is 0.426. The molecule has 1 aliphatic heterocycles. The lowest BCUT2D eigenvalue weighted by Gasteiger charge is -2.25. The van der Waals surface area contributed by atoms with Crippen LogP contribution >= 0.6 is 15.9 Å². The standard InChI is InChI=1S/C14H13BrF3NO/c1-19-7-11(13(20-2)12(15)8-19)9-4-3-5-10(6-9)14(16,17)18/h3-7H,8H2,1-2H3. The molecule has 0 unspecified atom stereocenters. The Morgan fingerprint density at radius 2 is 2.00 bits per heavy atom. The fourth-order valence-electron chi connectivity index (χ4n) is 2.05. The maximum absolute atomic E-state index is 12.8. The molecule has 2 rings (SSSR count). The van der Waals surface area contributed by atoms with Crippen LogP contribution in [0.1, 0.15) is 11.1 Å². The smallest absolute Gasteiger partial charge is 0.416 e. The molecule has 0 aromatic heterocycles. The zero-order valence-electron chi connectivity index (χ0n) is 11.0. The Morgan fingerprint density at radius 1 is 1.30 bits per heavy atom. The lowest BCUT2D eigenvalue weighted by Crippen LogP contribution is -2.19. The minimum atomic E-state index is -4.36. The quantitative estimate of drug-likeness (QED) is 0.793. The third kappa shape index (κ3) is 3.00. The number of methoxy groups -OCH3 is 1. The van der Waals surface area contributed by atoms with Crippen LogP contribution < -0.4 is 0 Å². The van der Waals surface area contributed by atoms with Crippen LogP contribution in [0.5, 0.6) is 0 Å². The minimum Gasteiger partial charge on any atom is -0.495 e. The predicted molar refractivity (Wildman–Crippen MR) is 75.0 cm³/mol. The van der Waals surface area contributed by atoms with E-state index < -0.39 is 11.7 Å². The number of rotatable bonds is 2.